The van der Waals surface area contributed by atoms with E-state index in [0.29, 0.717) is 13.0 Å². The van der Waals surface area contributed by atoms with Gasteiger partial charge in [0.15, 0.2) is 0 Å². The molecule has 20 heavy (non-hydrogen) atoms. The third-order valence-electron chi connectivity index (χ3n) is 3.37. The number of likely N-dealkylation sites (N-methyl/N-ethyl adjacent to an activating group) is 1. The highest BCUT2D eigenvalue weighted by Crippen LogP contribution is 2.17. The van der Waals surface area contributed by atoms with E-state index in [1.165, 1.54) is 11.1 Å². The first-order valence-electron chi connectivity index (χ1n) is 7.02. The van der Waals surface area contributed by atoms with Crippen LogP contribution in [-0.2, 0) is 11.2 Å². The fraction of sp³-hybridized carbons (Fsp3) is 0.278. The second-order valence-electron chi connectivity index (χ2n) is 5.14. The van der Waals surface area contributed by atoms with Crippen molar-refractivity contribution in [2.75, 3.05) is 11.4 Å². The van der Waals surface area contributed by atoms with Crippen molar-refractivity contribution in [1.29, 1.82) is 0 Å². The van der Waals surface area contributed by atoms with Crippen LogP contribution in [0.15, 0.2) is 48.5 Å². The summed E-state index contributed by atoms with van der Waals surface area (Å²) >= 11 is 0. The Kier molecular flexibility index (Phi) is 4.57. The lowest BCUT2D eigenvalue weighted by atomic mass is 10.1. The molecule has 0 aromatic heterocycles. The summed E-state index contributed by atoms with van der Waals surface area (Å²) in [5.41, 5.74) is 4.41. The molecule has 0 fully saturated rings. The van der Waals surface area contributed by atoms with Crippen molar-refractivity contribution in [3.8, 4) is 0 Å². The predicted molar refractivity (Wildman–Crippen MR) is 84.1 cm³/mol. The number of benzene rings is 2. The van der Waals surface area contributed by atoms with Gasteiger partial charge in [0.2, 0.25) is 5.91 Å². The van der Waals surface area contributed by atoms with Crippen LogP contribution in [0.3, 0.4) is 0 Å². The van der Waals surface area contributed by atoms with Crippen LogP contribution in [0.1, 0.15) is 23.6 Å². The SMILES string of the molecule is CCN(C(=O)Cc1cccc(C)c1)c1cccc(C)c1. The van der Waals surface area contributed by atoms with Crippen molar-refractivity contribution >= 4 is 11.6 Å². The minimum atomic E-state index is 0.142. The van der Waals surface area contributed by atoms with Gasteiger partial charge in [0, 0.05) is 12.2 Å². The Bertz CT molecular complexity index is 604. The summed E-state index contributed by atoms with van der Waals surface area (Å²) in [7, 11) is 0. The molecule has 0 heterocycles. The van der Waals surface area contributed by atoms with Crippen molar-refractivity contribution in [3.63, 3.8) is 0 Å². The maximum absolute atomic E-state index is 12.5. The van der Waals surface area contributed by atoms with E-state index in [1.54, 1.807) is 0 Å². The van der Waals surface area contributed by atoms with E-state index in [9.17, 15) is 4.79 Å². The molecule has 1 amide bonds. The van der Waals surface area contributed by atoms with Crippen LogP contribution in [-0.4, -0.2) is 12.5 Å². The molecule has 2 heteroatoms. The topological polar surface area (TPSA) is 20.3 Å². The average molecular weight is 267 g/mol. The summed E-state index contributed by atoms with van der Waals surface area (Å²) in [5.74, 6) is 0.142. The Morgan fingerprint density at radius 3 is 2.25 bits per heavy atom. The van der Waals surface area contributed by atoms with E-state index in [4.69, 9.17) is 0 Å². The van der Waals surface area contributed by atoms with E-state index in [0.717, 1.165) is 11.3 Å². The quantitative estimate of drug-likeness (QED) is 0.822. The Morgan fingerprint density at radius 1 is 1.00 bits per heavy atom. The Labute approximate surface area is 121 Å². The maximum Gasteiger partial charge on any atom is 0.231 e. The predicted octanol–water partition coefficient (Wildman–Crippen LogP) is 3.90. The number of carbonyl (C=O) groups excluding carboxylic acids is 1. The number of carbonyl (C=O) groups is 1. The minimum absolute atomic E-state index is 0.142. The number of nitrogens with zero attached hydrogens (tertiary/aromatic N) is 1. The molecule has 0 aliphatic heterocycles. The van der Waals surface area contributed by atoms with Gasteiger partial charge in [0.1, 0.15) is 0 Å². The number of hydrogen-bond acceptors (Lipinski definition) is 1. The second-order valence-corrected chi connectivity index (χ2v) is 5.14. The van der Waals surface area contributed by atoms with Crippen LogP contribution in [0, 0.1) is 13.8 Å². The molecule has 0 aliphatic rings. The molecule has 2 nitrogen and oxygen atoms in total. The summed E-state index contributed by atoms with van der Waals surface area (Å²) in [4.78, 5) is 14.3. The number of aryl methyl sites for hydroxylation is 2. The van der Waals surface area contributed by atoms with Crippen LogP contribution >= 0.6 is 0 Å². The van der Waals surface area contributed by atoms with Gasteiger partial charge in [-0.1, -0.05) is 42.0 Å². The van der Waals surface area contributed by atoms with Crippen molar-refractivity contribution in [2.45, 2.75) is 27.2 Å². The summed E-state index contributed by atoms with van der Waals surface area (Å²) in [6.45, 7) is 6.79. The molecule has 0 saturated heterocycles. The van der Waals surface area contributed by atoms with Gasteiger partial charge < -0.3 is 4.90 Å². The van der Waals surface area contributed by atoms with Gasteiger partial charge in [-0.2, -0.15) is 0 Å². The van der Waals surface area contributed by atoms with Gasteiger partial charge in [-0.3, -0.25) is 4.79 Å². The molecule has 0 spiro atoms. The molecule has 0 unspecified atom stereocenters. The minimum Gasteiger partial charge on any atom is -0.312 e. The molecule has 2 aromatic rings. The number of rotatable bonds is 4. The number of hydrogen-bond donors (Lipinski definition) is 0. The van der Waals surface area contributed by atoms with Crippen LogP contribution in [0.5, 0.6) is 0 Å². The highest BCUT2D eigenvalue weighted by Gasteiger charge is 2.14. The van der Waals surface area contributed by atoms with E-state index < -0.39 is 0 Å². The number of anilines is 1. The van der Waals surface area contributed by atoms with Gasteiger partial charge in [-0.25, -0.2) is 0 Å². The van der Waals surface area contributed by atoms with Gasteiger partial charge >= 0.3 is 0 Å². The van der Waals surface area contributed by atoms with E-state index in [-0.39, 0.29) is 5.91 Å². The summed E-state index contributed by atoms with van der Waals surface area (Å²) < 4.78 is 0. The van der Waals surface area contributed by atoms with Gasteiger partial charge in [-0.05, 0) is 44.0 Å². The van der Waals surface area contributed by atoms with Crippen molar-refractivity contribution in [3.05, 3.63) is 65.2 Å². The highest BCUT2D eigenvalue weighted by molar-refractivity contribution is 5.94. The van der Waals surface area contributed by atoms with E-state index in [2.05, 4.69) is 12.1 Å². The molecule has 0 aliphatic carbocycles. The monoisotopic (exact) mass is 267 g/mol. The summed E-state index contributed by atoms with van der Waals surface area (Å²) in [5, 5.41) is 0. The molecular formula is C18H21NO. The molecule has 104 valence electrons. The zero-order chi connectivity index (χ0) is 14.5. The molecule has 0 radical (unpaired) electrons. The second kappa shape index (κ2) is 6.38. The van der Waals surface area contributed by atoms with Gasteiger partial charge in [0.25, 0.3) is 0 Å². The fourth-order valence-corrected chi connectivity index (χ4v) is 2.39. The van der Waals surface area contributed by atoms with Crippen LogP contribution in [0.4, 0.5) is 5.69 Å². The first kappa shape index (κ1) is 14.3. The lowest BCUT2D eigenvalue weighted by molar-refractivity contribution is -0.117. The zero-order valence-corrected chi connectivity index (χ0v) is 12.4. The lowest BCUT2D eigenvalue weighted by Gasteiger charge is -2.21. The first-order chi connectivity index (χ1) is 9.60. The maximum atomic E-state index is 12.5. The van der Waals surface area contributed by atoms with Crippen molar-refractivity contribution < 1.29 is 4.79 Å². The average Bonchev–Trinajstić information content (AvgIpc) is 2.39. The smallest absolute Gasteiger partial charge is 0.231 e. The molecule has 0 N–H and O–H groups in total. The molecule has 0 saturated carbocycles. The van der Waals surface area contributed by atoms with E-state index >= 15 is 0 Å². The van der Waals surface area contributed by atoms with Crippen LogP contribution < -0.4 is 4.90 Å². The number of amides is 1. The summed E-state index contributed by atoms with van der Waals surface area (Å²) in [6, 6.07) is 16.2. The van der Waals surface area contributed by atoms with Gasteiger partial charge in [0.05, 0.1) is 6.42 Å². The molecule has 0 atom stereocenters. The normalized spacial score (nSPS) is 10.3. The standard InChI is InChI=1S/C18H21NO/c1-4-19(17-10-6-8-15(3)12-17)18(20)13-16-9-5-7-14(2)11-16/h5-12H,4,13H2,1-3H3. The van der Waals surface area contributed by atoms with E-state index in [1.807, 2.05) is 62.1 Å². The fourth-order valence-electron chi connectivity index (χ4n) is 2.39. The zero-order valence-electron chi connectivity index (χ0n) is 12.4. The highest BCUT2D eigenvalue weighted by atomic mass is 16.2. The molecule has 0 bridgehead atoms. The third-order valence-corrected chi connectivity index (χ3v) is 3.37. The van der Waals surface area contributed by atoms with Crippen LogP contribution in [0.2, 0.25) is 0 Å². The Balaban J connectivity index is 2.17. The Hall–Kier alpha value is -2.09. The summed E-state index contributed by atoms with van der Waals surface area (Å²) in [6.07, 6.45) is 0.448. The first-order valence-corrected chi connectivity index (χ1v) is 7.02. The van der Waals surface area contributed by atoms with Gasteiger partial charge in [-0.15, -0.1) is 0 Å². The lowest BCUT2D eigenvalue weighted by Crippen LogP contribution is -2.32. The van der Waals surface area contributed by atoms with Crippen molar-refractivity contribution in [1.82, 2.24) is 0 Å². The van der Waals surface area contributed by atoms with Crippen molar-refractivity contribution in [2.24, 2.45) is 0 Å². The third kappa shape index (κ3) is 3.47. The molecule has 2 rings (SSSR count). The van der Waals surface area contributed by atoms with Crippen LogP contribution in [0.25, 0.3) is 0 Å². The molecular weight excluding hydrogens is 246 g/mol. The largest absolute Gasteiger partial charge is 0.312 e. The Morgan fingerprint density at radius 2 is 1.65 bits per heavy atom. The molecule has 2 aromatic carbocycles.